The van der Waals surface area contributed by atoms with Crippen molar-refractivity contribution >= 4 is 19.3 Å². The minimum Gasteiger partial charge on any atom is -0.465 e. The number of hydrogen-bond donors (Lipinski definition) is 2. The fourth-order valence-corrected chi connectivity index (χ4v) is 2.29. The molecule has 2 N–H and O–H groups in total. The molecule has 68 valence electrons. The summed E-state index contributed by atoms with van der Waals surface area (Å²) in [6, 6.07) is 0.240. The molecule has 0 aliphatic rings. The molecule has 5 heteroatoms. The third-order valence-electron chi connectivity index (χ3n) is 1.02. The van der Waals surface area contributed by atoms with Crippen LogP contribution in [0.5, 0.6) is 0 Å². The second kappa shape index (κ2) is 10.3. The maximum atomic E-state index is 8.55. The van der Waals surface area contributed by atoms with Crippen LogP contribution in [0.4, 0.5) is 0 Å². The molecule has 0 radical (unpaired) electrons. The van der Waals surface area contributed by atoms with E-state index in [4.69, 9.17) is 19.3 Å². The molecule has 0 unspecified atom stereocenters. The fraction of sp³-hybridized carbons (Fsp3) is 1.00. The Morgan fingerprint density at radius 1 is 1.09 bits per heavy atom. The minimum absolute atomic E-state index is 0.100. The standard InChI is InChI=1S/C6H18O3Si2/c7-3-1-5-10-9-11-6-2-4-8/h7-8H,1-6,10-11H2/i10T2,11T2. The third kappa shape index (κ3) is 10.3. The van der Waals surface area contributed by atoms with Crippen LogP contribution in [0.15, 0.2) is 0 Å². The SMILES string of the molecule is [3H][Si]([3H])(CCCO)O[Si]([3H])([3H])CCCO. The van der Waals surface area contributed by atoms with Crippen molar-refractivity contribution in [1.29, 1.82) is 4.94 Å². The molecule has 0 atom stereocenters. The first-order valence-electron chi connectivity index (χ1n) is 5.75. The maximum absolute atomic E-state index is 8.55. The van der Waals surface area contributed by atoms with Gasteiger partial charge in [0.25, 0.3) is 0 Å². The molecule has 0 aliphatic carbocycles. The first-order chi connectivity index (χ1) is 6.83. The summed E-state index contributed by atoms with van der Waals surface area (Å²) in [7, 11) is -6.93. The van der Waals surface area contributed by atoms with Crippen LogP contribution in [0.3, 0.4) is 0 Å². The lowest BCUT2D eigenvalue weighted by Crippen LogP contribution is -2.04. The highest BCUT2D eigenvalue weighted by Crippen LogP contribution is 1.90. The van der Waals surface area contributed by atoms with E-state index in [-0.39, 0.29) is 25.3 Å². The molecule has 0 saturated carbocycles. The van der Waals surface area contributed by atoms with E-state index in [1.54, 1.807) is 0 Å². The average molecular weight is 202 g/mol. The van der Waals surface area contributed by atoms with Gasteiger partial charge in [-0.3, -0.25) is 0 Å². The Kier molecular flexibility index (Phi) is 5.51. The van der Waals surface area contributed by atoms with Crippen LogP contribution in [0.1, 0.15) is 12.8 Å². The molecule has 11 heavy (non-hydrogen) atoms. The minimum atomic E-state index is -3.46. The summed E-state index contributed by atoms with van der Waals surface area (Å²) in [5.74, 6) is 0. The van der Waals surface area contributed by atoms with E-state index in [9.17, 15) is 0 Å². The molecular weight excluding hydrogens is 176 g/mol. The van der Waals surface area contributed by atoms with Crippen LogP contribution in [-0.4, -0.2) is 47.6 Å². The van der Waals surface area contributed by atoms with Gasteiger partial charge in [-0.1, -0.05) is 0 Å². The van der Waals surface area contributed by atoms with E-state index in [1.165, 1.54) is 0 Å². The molecule has 0 amide bonds. The maximum Gasteiger partial charge on any atom is 0.146 e. The summed E-state index contributed by atoms with van der Waals surface area (Å²) >= 11 is 0. The predicted octanol–water partition coefficient (Wildman–Crippen LogP) is -1.23. The van der Waals surface area contributed by atoms with Crippen LogP contribution in [0.2, 0.25) is 12.1 Å². The molecule has 0 rings (SSSR count). The first kappa shape index (κ1) is 5.87. The van der Waals surface area contributed by atoms with Gasteiger partial charge in [0.05, 0.1) is 0 Å². The number of hydrogen-bond acceptors (Lipinski definition) is 3. The zero-order valence-electron chi connectivity index (χ0n) is 10.5. The van der Waals surface area contributed by atoms with Crippen molar-refractivity contribution in [1.82, 2.24) is 0 Å². The summed E-state index contributed by atoms with van der Waals surface area (Å²) in [4.78, 5) is 0. The van der Waals surface area contributed by atoms with Crippen LogP contribution < -0.4 is 0 Å². The third-order valence-corrected chi connectivity index (χ3v) is 3.29. The summed E-state index contributed by atoms with van der Waals surface area (Å²) in [6.07, 6.45) is 0.618. The molecular formula is C6H18O3Si2. The van der Waals surface area contributed by atoms with Gasteiger partial charge in [0.1, 0.15) is 19.3 Å². The van der Waals surface area contributed by atoms with Crippen molar-refractivity contribution in [3.8, 4) is 0 Å². The van der Waals surface area contributed by atoms with E-state index in [1.807, 2.05) is 0 Å². The van der Waals surface area contributed by atoms with Gasteiger partial charge in [-0.05, 0) is 24.9 Å². The molecule has 3 nitrogen and oxygen atoms in total. The molecule has 0 aliphatic heterocycles. The van der Waals surface area contributed by atoms with Gasteiger partial charge in [-0.2, -0.15) is 0 Å². The highest BCUT2D eigenvalue weighted by molar-refractivity contribution is 6.42. The second-order valence-electron chi connectivity index (χ2n) is 2.05. The number of aliphatic hydroxyl groups excluding tert-OH is 2. The Labute approximate surface area is 77.6 Å². The average Bonchev–Trinajstić information content (AvgIpc) is 2.10. The van der Waals surface area contributed by atoms with Gasteiger partial charge in [-0.25, -0.2) is 0 Å². The summed E-state index contributed by atoms with van der Waals surface area (Å²) in [6.45, 7) is -0.200. The van der Waals surface area contributed by atoms with Crippen molar-refractivity contribution in [3.63, 3.8) is 0 Å². The van der Waals surface area contributed by atoms with E-state index < -0.39 is 19.3 Å². The zero-order chi connectivity index (χ0) is 11.9. The fourth-order valence-electron chi connectivity index (χ4n) is 0.456. The highest BCUT2D eigenvalue weighted by Gasteiger charge is 1.90. The van der Waals surface area contributed by atoms with Crippen LogP contribution in [0, 0.1) is 0 Å². The molecule has 0 saturated heterocycles. The lowest BCUT2D eigenvalue weighted by molar-refractivity contribution is 0.293. The van der Waals surface area contributed by atoms with E-state index >= 15 is 0 Å². The zero-order valence-corrected chi connectivity index (χ0v) is 8.55. The van der Waals surface area contributed by atoms with E-state index in [2.05, 4.69) is 0 Å². The Morgan fingerprint density at radius 2 is 1.55 bits per heavy atom. The monoisotopic (exact) mass is 202 g/mol. The van der Waals surface area contributed by atoms with Gasteiger partial charge in [0.2, 0.25) is 0 Å². The van der Waals surface area contributed by atoms with Gasteiger partial charge < -0.3 is 14.3 Å². The van der Waals surface area contributed by atoms with Crippen molar-refractivity contribution in [2.75, 3.05) is 13.2 Å². The van der Waals surface area contributed by atoms with Gasteiger partial charge in [0, 0.05) is 18.2 Å². The van der Waals surface area contributed by atoms with Gasteiger partial charge in [0.15, 0.2) is 0 Å². The Bertz CT molecular complexity index is 164. The number of aliphatic hydroxyl groups is 2. The summed E-state index contributed by atoms with van der Waals surface area (Å²) in [5.41, 5.74) is 0. The summed E-state index contributed by atoms with van der Waals surface area (Å²) in [5, 5.41) is 17.1. The van der Waals surface area contributed by atoms with Crippen molar-refractivity contribution in [2.45, 2.75) is 24.9 Å². The van der Waals surface area contributed by atoms with Gasteiger partial charge >= 0.3 is 0 Å². The topological polar surface area (TPSA) is 49.7 Å². The number of rotatable bonds is 8. The van der Waals surface area contributed by atoms with E-state index in [0.29, 0.717) is 12.8 Å². The second-order valence-corrected chi connectivity index (χ2v) is 4.44. The van der Waals surface area contributed by atoms with Crippen molar-refractivity contribution < 1.29 is 14.3 Å². The molecule has 0 heterocycles. The highest BCUT2D eigenvalue weighted by atomic mass is 28.3. The Balaban J connectivity index is 4.04. The molecule has 0 aromatic carbocycles. The van der Waals surface area contributed by atoms with Gasteiger partial charge in [-0.15, -0.1) is 0 Å². The molecule has 0 aromatic heterocycles. The summed E-state index contributed by atoms with van der Waals surface area (Å²) < 4.78 is 35.1. The Morgan fingerprint density at radius 3 is 1.91 bits per heavy atom. The quantitative estimate of drug-likeness (QED) is 0.485. The molecule has 0 aromatic rings. The predicted molar refractivity (Wildman–Crippen MR) is 51.2 cm³/mol. The lowest BCUT2D eigenvalue weighted by Gasteiger charge is -2.00. The Hall–Kier alpha value is 0.314. The van der Waals surface area contributed by atoms with Crippen LogP contribution >= 0.6 is 0 Å². The lowest BCUT2D eigenvalue weighted by atomic mass is 10.5. The largest absolute Gasteiger partial charge is 0.465 e. The van der Waals surface area contributed by atoms with Crippen LogP contribution in [-0.2, 0) is 4.12 Å². The smallest absolute Gasteiger partial charge is 0.146 e. The van der Waals surface area contributed by atoms with Crippen LogP contribution in [0.25, 0.3) is 0 Å². The van der Waals surface area contributed by atoms with Crippen molar-refractivity contribution in [3.05, 3.63) is 0 Å². The first-order valence-corrected chi connectivity index (χ1v) is 5.98. The molecule has 0 bridgehead atoms. The van der Waals surface area contributed by atoms with Crippen molar-refractivity contribution in [2.24, 2.45) is 0 Å². The molecule has 0 spiro atoms. The normalized spacial score (nSPS) is 18.4. The van der Waals surface area contributed by atoms with E-state index in [0.717, 1.165) is 0 Å². The molecule has 0 fully saturated rings.